The van der Waals surface area contributed by atoms with Gasteiger partial charge in [-0.25, -0.2) is 9.48 Å². The van der Waals surface area contributed by atoms with Gasteiger partial charge in [0.25, 0.3) is 0 Å². The minimum absolute atomic E-state index is 0.0802. The van der Waals surface area contributed by atoms with Gasteiger partial charge in [0.05, 0.1) is 23.8 Å². The lowest BCUT2D eigenvalue weighted by atomic mass is 10.1. The van der Waals surface area contributed by atoms with Gasteiger partial charge >= 0.3 is 6.03 Å². The maximum absolute atomic E-state index is 12.8. The van der Waals surface area contributed by atoms with Crippen molar-refractivity contribution < 1.29 is 9.59 Å². The summed E-state index contributed by atoms with van der Waals surface area (Å²) in [4.78, 5) is 26.8. The van der Waals surface area contributed by atoms with Crippen molar-refractivity contribution in [3.63, 3.8) is 0 Å². The number of urea groups is 1. The second kappa shape index (κ2) is 8.91. The summed E-state index contributed by atoms with van der Waals surface area (Å²) in [5, 5.41) is 9.21. The molecule has 0 aliphatic carbocycles. The van der Waals surface area contributed by atoms with E-state index in [1.807, 2.05) is 66.4 Å². The van der Waals surface area contributed by atoms with E-state index >= 15 is 0 Å². The number of carbonyl (C=O) groups excluding carboxylic acids is 2. The summed E-state index contributed by atoms with van der Waals surface area (Å²) in [6.45, 7) is 4.39. The van der Waals surface area contributed by atoms with Gasteiger partial charge in [-0.05, 0) is 37.4 Å². The number of hydrogen-bond donors (Lipinski definition) is 2. The number of primary amides is 1. The molecular formula is C21H25N5O2S. The van der Waals surface area contributed by atoms with Crippen molar-refractivity contribution in [3.8, 4) is 5.69 Å². The standard InChI is InChI=1S/C21H25N5O2S/c1-14-17(15(2)26(24-14)16-8-5-4-6-9-16)13-25(3)20(27)12-18(23-21(22)28)19-10-7-11-29-19/h4-11,18H,12-13H2,1-3H3,(H3,22,23,28). The van der Waals surface area contributed by atoms with E-state index in [9.17, 15) is 9.59 Å². The minimum atomic E-state index is -0.644. The number of nitrogens with zero attached hydrogens (tertiary/aromatic N) is 3. The molecule has 1 unspecified atom stereocenters. The number of rotatable bonds is 7. The van der Waals surface area contributed by atoms with Crippen LogP contribution in [-0.4, -0.2) is 33.7 Å². The summed E-state index contributed by atoms with van der Waals surface area (Å²) in [6.07, 6.45) is 0.144. The first-order valence-electron chi connectivity index (χ1n) is 9.30. The highest BCUT2D eigenvalue weighted by Crippen LogP contribution is 2.24. The van der Waals surface area contributed by atoms with E-state index in [-0.39, 0.29) is 12.3 Å². The molecule has 0 spiro atoms. The van der Waals surface area contributed by atoms with Crippen LogP contribution in [0.3, 0.4) is 0 Å². The molecule has 2 aromatic heterocycles. The van der Waals surface area contributed by atoms with Crippen LogP contribution < -0.4 is 11.1 Å². The number of amides is 3. The molecule has 0 aliphatic rings. The van der Waals surface area contributed by atoms with Crippen molar-refractivity contribution in [2.24, 2.45) is 5.73 Å². The third-order valence-corrected chi connectivity index (χ3v) is 5.83. The van der Waals surface area contributed by atoms with Crippen LogP contribution in [0.15, 0.2) is 47.8 Å². The number of hydrogen-bond acceptors (Lipinski definition) is 4. The van der Waals surface area contributed by atoms with Crippen LogP contribution in [0.5, 0.6) is 0 Å². The molecule has 0 bridgehead atoms. The largest absolute Gasteiger partial charge is 0.352 e. The van der Waals surface area contributed by atoms with Crippen molar-refractivity contribution in [2.75, 3.05) is 7.05 Å². The van der Waals surface area contributed by atoms with Crippen molar-refractivity contribution in [3.05, 3.63) is 69.7 Å². The first-order valence-corrected chi connectivity index (χ1v) is 10.2. The second-order valence-corrected chi connectivity index (χ2v) is 7.91. The second-order valence-electron chi connectivity index (χ2n) is 6.93. The predicted molar refractivity (Wildman–Crippen MR) is 114 cm³/mol. The Morgan fingerprint density at radius 1 is 1.21 bits per heavy atom. The Hall–Kier alpha value is -3.13. The van der Waals surface area contributed by atoms with Crippen LogP contribution >= 0.6 is 11.3 Å². The summed E-state index contributed by atoms with van der Waals surface area (Å²) in [5.74, 6) is -0.0802. The van der Waals surface area contributed by atoms with E-state index in [4.69, 9.17) is 5.73 Å². The van der Waals surface area contributed by atoms with Crippen molar-refractivity contribution in [2.45, 2.75) is 32.9 Å². The fraction of sp³-hybridized carbons (Fsp3) is 0.286. The van der Waals surface area contributed by atoms with Gasteiger partial charge in [0.15, 0.2) is 0 Å². The molecule has 29 heavy (non-hydrogen) atoms. The molecule has 1 aromatic carbocycles. The quantitative estimate of drug-likeness (QED) is 0.625. The van der Waals surface area contributed by atoms with Crippen molar-refractivity contribution >= 4 is 23.3 Å². The van der Waals surface area contributed by atoms with E-state index in [1.165, 1.54) is 11.3 Å². The number of benzene rings is 1. The number of aryl methyl sites for hydroxylation is 1. The Morgan fingerprint density at radius 2 is 1.93 bits per heavy atom. The molecule has 0 saturated carbocycles. The van der Waals surface area contributed by atoms with Gasteiger partial charge in [-0.3, -0.25) is 4.79 Å². The molecule has 0 aliphatic heterocycles. The summed E-state index contributed by atoms with van der Waals surface area (Å²) < 4.78 is 1.89. The van der Waals surface area contributed by atoms with Gasteiger partial charge in [0.2, 0.25) is 5.91 Å². The Labute approximate surface area is 174 Å². The number of thiophene rings is 1. The van der Waals surface area contributed by atoms with E-state index in [1.54, 1.807) is 11.9 Å². The molecule has 0 fully saturated rings. The van der Waals surface area contributed by atoms with E-state index in [0.717, 1.165) is 27.5 Å². The van der Waals surface area contributed by atoms with Crippen LogP contribution in [0.4, 0.5) is 4.79 Å². The highest BCUT2D eigenvalue weighted by molar-refractivity contribution is 7.10. The molecule has 7 nitrogen and oxygen atoms in total. The van der Waals surface area contributed by atoms with Gasteiger partial charge < -0.3 is 16.0 Å². The molecule has 3 aromatic rings. The summed E-state index contributed by atoms with van der Waals surface area (Å²) >= 11 is 1.48. The van der Waals surface area contributed by atoms with E-state index < -0.39 is 12.1 Å². The SMILES string of the molecule is Cc1nn(-c2ccccc2)c(C)c1CN(C)C(=O)CC(NC(N)=O)c1cccs1. The molecule has 2 heterocycles. The normalized spacial score (nSPS) is 11.8. The van der Waals surface area contributed by atoms with Crippen LogP contribution in [0, 0.1) is 13.8 Å². The Balaban J connectivity index is 1.74. The zero-order valence-electron chi connectivity index (χ0n) is 16.8. The number of nitrogens with one attached hydrogen (secondary N) is 1. The van der Waals surface area contributed by atoms with Gasteiger partial charge in [0.1, 0.15) is 0 Å². The van der Waals surface area contributed by atoms with E-state index in [0.29, 0.717) is 6.54 Å². The first kappa shape index (κ1) is 20.6. The molecule has 0 radical (unpaired) electrons. The number of nitrogens with two attached hydrogens (primary N) is 1. The Bertz CT molecular complexity index is 982. The molecule has 0 saturated heterocycles. The lowest BCUT2D eigenvalue weighted by Gasteiger charge is -2.22. The smallest absolute Gasteiger partial charge is 0.312 e. The fourth-order valence-electron chi connectivity index (χ4n) is 3.26. The maximum atomic E-state index is 12.8. The van der Waals surface area contributed by atoms with Crippen LogP contribution in [-0.2, 0) is 11.3 Å². The minimum Gasteiger partial charge on any atom is -0.352 e. The third-order valence-electron chi connectivity index (χ3n) is 4.84. The summed E-state index contributed by atoms with van der Waals surface area (Å²) in [7, 11) is 1.76. The average Bonchev–Trinajstić information content (AvgIpc) is 3.32. The predicted octanol–water partition coefficient (Wildman–Crippen LogP) is 3.31. The first-order chi connectivity index (χ1) is 13.9. The van der Waals surface area contributed by atoms with Crippen LogP contribution in [0.25, 0.3) is 5.69 Å². The monoisotopic (exact) mass is 411 g/mol. The molecule has 1 atom stereocenters. The average molecular weight is 412 g/mol. The lowest BCUT2D eigenvalue weighted by molar-refractivity contribution is -0.130. The Morgan fingerprint density at radius 3 is 2.55 bits per heavy atom. The third kappa shape index (κ3) is 4.83. The molecule has 152 valence electrons. The Kier molecular flexibility index (Phi) is 6.33. The number of aromatic nitrogens is 2. The van der Waals surface area contributed by atoms with Crippen molar-refractivity contribution in [1.29, 1.82) is 0 Å². The summed E-state index contributed by atoms with van der Waals surface area (Å²) in [6, 6.07) is 12.6. The van der Waals surface area contributed by atoms with Gasteiger partial charge in [-0.15, -0.1) is 11.3 Å². The van der Waals surface area contributed by atoms with Gasteiger partial charge in [-0.2, -0.15) is 5.10 Å². The van der Waals surface area contributed by atoms with Crippen LogP contribution in [0.2, 0.25) is 0 Å². The fourth-order valence-corrected chi connectivity index (χ4v) is 4.04. The molecular weight excluding hydrogens is 386 g/mol. The highest BCUT2D eigenvalue weighted by atomic mass is 32.1. The zero-order chi connectivity index (χ0) is 21.0. The molecule has 3 amide bonds. The molecule has 3 rings (SSSR count). The van der Waals surface area contributed by atoms with Crippen molar-refractivity contribution in [1.82, 2.24) is 20.0 Å². The van der Waals surface area contributed by atoms with Gasteiger partial charge in [-0.1, -0.05) is 24.3 Å². The van der Waals surface area contributed by atoms with Crippen LogP contribution in [0.1, 0.15) is 34.3 Å². The maximum Gasteiger partial charge on any atom is 0.312 e. The summed E-state index contributed by atoms with van der Waals surface area (Å²) in [5.41, 5.74) is 9.17. The topological polar surface area (TPSA) is 93.2 Å². The van der Waals surface area contributed by atoms with Gasteiger partial charge in [0, 0.05) is 29.7 Å². The number of carbonyl (C=O) groups is 2. The lowest BCUT2D eigenvalue weighted by Crippen LogP contribution is -2.36. The zero-order valence-corrected chi connectivity index (χ0v) is 17.6. The van der Waals surface area contributed by atoms with E-state index in [2.05, 4.69) is 10.4 Å². The number of para-hydroxylation sites is 1. The molecule has 3 N–H and O–H groups in total. The highest BCUT2D eigenvalue weighted by Gasteiger charge is 2.22. The molecule has 8 heteroatoms.